The van der Waals surface area contributed by atoms with E-state index in [1.54, 1.807) is 0 Å². The third-order valence-electron chi connectivity index (χ3n) is 2.07. The van der Waals surface area contributed by atoms with E-state index < -0.39 is 0 Å². The van der Waals surface area contributed by atoms with E-state index in [-0.39, 0.29) is 5.91 Å². The van der Waals surface area contributed by atoms with Crippen molar-refractivity contribution in [1.29, 1.82) is 0 Å². The quantitative estimate of drug-likeness (QED) is 0.759. The molecule has 0 bridgehead atoms. The van der Waals surface area contributed by atoms with E-state index in [4.69, 9.17) is 0 Å². The van der Waals surface area contributed by atoms with Crippen molar-refractivity contribution in [3.8, 4) is 0 Å². The van der Waals surface area contributed by atoms with Crippen LogP contribution in [0.2, 0.25) is 0 Å². The molecular formula is C11H14BrNO. The Morgan fingerprint density at radius 2 is 2.00 bits per heavy atom. The summed E-state index contributed by atoms with van der Waals surface area (Å²) in [5, 5.41) is 2.78. The molecule has 0 spiro atoms. The predicted molar refractivity (Wildman–Crippen MR) is 61.4 cm³/mol. The topological polar surface area (TPSA) is 29.1 Å². The Morgan fingerprint density at radius 3 is 2.64 bits per heavy atom. The molecule has 1 heterocycles. The standard InChI is InChI=1S/C9H8BrNO.C2H6/c1-5-2-6-4-11-9(12)7(6)3-8(5)10;1-2/h2-3H,4H2,1H3,(H,11,12);1-2H3. The van der Waals surface area contributed by atoms with E-state index in [9.17, 15) is 4.79 Å². The molecule has 3 heteroatoms. The number of benzene rings is 1. The highest BCUT2D eigenvalue weighted by Crippen LogP contribution is 2.24. The smallest absolute Gasteiger partial charge is 0.251 e. The lowest BCUT2D eigenvalue weighted by Crippen LogP contribution is -2.12. The first-order valence-corrected chi connectivity index (χ1v) is 5.55. The average Bonchev–Trinajstić information content (AvgIpc) is 2.53. The van der Waals surface area contributed by atoms with Crippen LogP contribution in [0.1, 0.15) is 35.3 Å². The maximum Gasteiger partial charge on any atom is 0.251 e. The van der Waals surface area contributed by atoms with Gasteiger partial charge in [-0.05, 0) is 24.1 Å². The maximum atomic E-state index is 11.2. The van der Waals surface area contributed by atoms with E-state index in [1.165, 1.54) is 5.56 Å². The molecule has 0 aromatic heterocycles. The number of fused-ring (bicyclic) bond motifs is 1. The summed E-state index contributed by atoms with van der Waals surface area (Å²) in [7, 11) is 0. The number of hydrogen-bond donors (Lipinski definition) is 1. The van der Waals surface area contributed by atoms with Gasteiger partial charge < -0.3 is 5.32 Å². The minimum atomic E-state index is 0.0331. The molecule has 0 aliphatic carbocycles. The van der Waals surface area contributed by atoms with Gasteiger partial charge >= 0.3 is 0 Å². The molecule has 1 aliphatic rings. The summed E-state index contributed by atoms with van der Waals surface area (Å²) in [4.78, 5) is 11.2. The van der Waals surface area contributed by atoms with Crippen LogP contribution in [0.3, 0.4) is 0 Å². The summed E-state index contributed by atoms with van der Waals surface area (Å²) in [6.45, 7) is 6.69. The second-order valence-corrected chi connectivity index (χ2v) is 3.80. The molecule has 1 aromatic carbocycles. The SMILES string of the molecule is CC.Cc1cc2c(cc1Br)C(=O)NC2. The molecule has 0 unspecified atom stereocenters. The van der Waals surface area contributed by atoms with Crippen LogP contribution in [0.25, 0.3) is 0 Å². The summed E-state index contributed by atoms with van der Waals surface area (Å²) in [6, 6.07) is 3.92. The van der Waals surface area contributed by atoms with Gasteiger partial charge in [-0.1, -0.05) is 35.8 Å². The zero-order chi connectivity index (χ0) is 10.7. The number of aryl methyl sites for hydroxylation is 1. The van der Waals surface area contributed by atoms with Gasteiger partial charge in [-0.2, -0.15) is 0 Å². The van der Waals surface area contributed by atoms with Crippen molar-refractivity contribution in [2.75, 3.05) is 0 Å². The van der Waals surface area contributed by atoms with Gasteiger partial charge in [0, 0.05) is 16.6 Å². The average molecular weight is 256 g/mol. The van der Waals surface area contributed by atoms with E-state index >= 15 is 0 Å². The van der Waals surface area contributed by atoms with Crippen LogP contribution in [0, 0.1) is 6.92 Å². The molecule has 2 rings (SSSR count). The summed E-state index contributed by atoms with van der Waals surface area (Å²) in [6.07, 6.45) is 0. The van der Waals surface area contributed by atoms with Gasteiger partial charge in [0.25, 0.3) is 5.91 Å². The van der Waals surface area contributed by atoms with Crippen LogP contribution >= 0.6 is 15.9 Å². The van der Waals surface area contributed by atoms with Gasteiger partial charge in [0.1, 0.15) is 0 Å². The van der Waals surface area contributed by atoms with Crippen LogP contribution in [0.4, 0.5) is 0 Å². The van der Waals surface area contributed by atoms with Gasteiger partial charge in [0.15, 0.2) is 0 Å². The molecule has 0 radical (unpaired) electrons. The Bertz CT molecular complexity index is 361. The predicted octanol–water partition coefficient (Wildman–Crippen LogP) is 3.03. The Kier molecular flexibility index (Phi) is 3.69. The molecule has 0 fully saturated rings. The van der Waals surface area contributed by atoms with Crippen molar-refractivity contribution < 1.29 is 4.79 Å². The molecule has 0 saturated heterocycles. The molecule has 1 amide bonds. The van der Waals surface area contributed by atoms with Gasteiger partial charge in [-0.3, -0.25) is 4.79 Å². The van der Waals surface area contributed by atoms with Gasteiger partial charge in [-0.25, -0.2) is 0 Å². The number of rotatable bonds is 0. The lowest BCUT2D eigenvalue weighted by molar-refractivity contribution is 0.0965. The van der Waals surface area contributed by atoms with Crippen molar-refractivity contribution in [2.24, 2.45) is 0 Å². The minimum absolute atomic E-state index is 0.0331. The summed E-state index contributed by atoms with van der Waals surface area (Å²) >= 11 is 3.40. The van der Waals surface area contributed by atoms with E-state index in [2.05, 4.69) is 21.2 Å². The number of nitrogens with one attached hydrogen (secondary N) is 1. The molecular weight excluding hydrogens is 242 g/mol. The van der Waals surface area contributed by atoms with Crippen molar-refractivity contribution in [3.63, 3.8) is 0 Å². The molecule has 1 aromatic rings. The van der Waals surface area contributed by atoms with Crippen molar-refractivity contribution in [3.05, 3.63) is 33.3 Å². The second kappa shape index (κ2) is 4.60. The van der Waals surface area contributed by atoms with Gasteiger partial charge in [0.05, 0.1) is 0 Å². The van der Waals surface area contributed by atoms with Crippen LogP contribution in [0.5, 0.6) is 0 Å². The Hall–Kier alpha value is -0.830. The highest BCUT2D eigenvalue weighted by atomic mass is 79.9. The third-order valence-corrected chi connectivity index (χ3v) is 2.92. The largest absolute Gasteiger partial charge is 0.348 e. The van der Waals surface area contributed by atoms with Gasteiger partial charge in [-0.15, -0.1) is 0 Å². The van der Waals surface area contributed by atoms with E-state index in [0.717, 1.165) is 15.6 Å². The monoisotopic (exact) mass is 255 g/mol. The fourth-order valence-corrected chi connectivity index (χ4v) is 1.71. The second-order valence-electron chi connectivity index (χ2n) is 2.94. The van der Waals surface area contributed by atoms with Gasteiger partial charge in [0.2, 0.25) is 0 Å². The Balaban J connectivity index is 0.000000461. The normalized spacial score (nSPS) is 12.7. The molecule has 76 valence electrons. The number of carbonyl (C=O) groups excluding carboxylic acids is 1. The fraction of sp³-hybridized carbons (Fsp3) is 0.364. The molecule has 1 N–H and O–H groups in total. The molecule has 1 aliphatic heterocycles. The first kappa shape index (κ1) is 11.2. The lowest BCUT2D eigenvalue weighted by Gasteiger charge is -2.00. The summed E-state index contributed by atoms with van der Waals surface area (Å²) in [5.74, 6) is 0.0331. The fourth-order valence-electron chi connectivity index (χ4n) is 1.37. The number of hydrogen-bond acceptors (Lipinski definition) is 1. The molecule has 0 atom stereocenters. The molecule has 14 heavy (non-hydrogen) atoms. The lowest BCUT2D eigenvalue weighted by atomic mass is 10.1. The molecule has 2 nitrogen and oxygen atoms in total. The van der Waals surface area contributed by atoms with Crippen molar-refractivity contribution >= 4 is 21.8 Å². The first-order valence-electron chi connectivity index (χ1n) is 4.75. The summed E-state index contributed by atoms with van der Waals surface area (Å²) < 4.78 is 0.998. The minimum Gasteiger partial charge on any atom is -0.348 e. The molecule has 0 saturated carbocycles. The van der Waals surface area contributed by atoms with E-state index in [1.807, 2.05) is 32.9 Å². The van der Waals surface area contributed by atoms with Crippen molar-refractivity contribution in [1.82, 2.24) is 5.32 Å². The van der Waals surface area contributed by atoms with Crippen molar-refractivity contribution in [2.45, 2.75) is 27.3 Å². The zero-order valence-corrected chi connectivity index (χ0v) is 10.2. The first-order chi connectivity index (χ1) is 6.68. The van der Waals surface area contributed by atoms with Crippen LogP contribution in [-0.4, -0.2) is 5.91 Å². The summed E-state index contributed by atoms with van der Waals surface area (Å²) in [5.41, 5.74) is 3.07. The zero-order valence-electron chi connectivity index (χ0n) is 8.65. The van der Waals surface area contributed by atoms with Crippen LogP contribution < -0.4 is 5.32 Å². The maximum absolute atomic E-state index is 11.2. The highest BCUT2D eigenvalue weighted by molar-refractivity contribution is 9.10. The Morgan fingerprint density at radius 1 is 1.36 bits per heavy atom. The highest BCUT2D eigenvalue weighted by Gasteiger charge is 2.19. The number of amides is 1. The van der Waals surface area contributed by atoms with Crippen LogP contribution in [0.15, 0.2) is 16.6 Å². The Labute approximate surface area is 92.8 Å². The number of carbonyl (C=O) groups is 1. The van der Waals surface area contributed by atoms with Crippen LogP contribution in [-0.2, 0) is 6.54 Å². The van der Waals surface area contributed by atoms with E-state index in [0.29, 0.717) is 6.54 Å². The number of halogens is 1. The third kappa shape index (κ3) is 1.98.